The van der Waals surface area contributed by atoms with Crippen molar-refractivity contribution in [2.75, 3.05) is 0 Å². The Morgan fingerprint density at radius 1 is 1.46 bits per heavy atom. The van der Waals surface area contributed by atoms with E-state index in [0.29, 0.717) is 11.2 Å². The molecule has 0 spiro atoms. The predicted molar refractivity (Wildman–Crippen MR) is 51.3 cm³/mol. The van der Waals surface area contributed by atoms with Crippen LogP contribution in [0.25, 0.3) is 0 Å². The minimum atomic E-state index is 0.375. The highest BCUT2D eigenvalue weighted by atomic mass is 16.1. The van der Waals surface area contributed by atoms with Crippen LogP contribution in [0.2, 0.25) is 0 Å². The lowest BCUT2D eigenvalue weighted by atomic mass is 9.66. The first-order valence-corrected chi connectivity index (χ1v) is 5.44. The lowest BCUT2D eigenvalue weighted by Gasteiger charge is -2.38. The molecular weight excluding hydrogens is 160 g/mol. The molecule has 2 fully saturated rings. The van der Waals surface area contributed by atoms with Gasteiger partial charge in [-0.15, -0.1) is 0 Å². The van der Waals surface area contributed by atoms with E-state index in [2.05, 4.69) is 6.92 Å². The first-order chi connectivity index (χ1) is 6.19. The quantitative estimate of drug-likeness (QED) is 0.554. The van der Waals surface area contributed by atoms with Crippen LogP contribution in [0.5, 0.6) is 0 Å². The van der Waals surface area contributed by atoms with Crippen molar-refractivity contribution >= 4 is 5.78 Å². The summed E-state index contributed by atoms with van der Waals surface area (Å²) in [5.41, 5.74) is 1.92. The fraction of sp³-hybridized carbons (Fsp3) is 0.750. The van der Waals surface area contributed by atoms with E-state index in [9.17, 15) is 4.79 Å². The fourth-order valence-electron chi connectivity index (χ4n) is 3.24. The summed E-state index contributed by atoms with van der Waals surface area (Å²) >= 11 is 0. The van der Waals surface area contributed by atoms with Gasteiger partial charge in [0.25, 0.3) is 0 Å². The van der Waals surface area contributed by atoms with Crippen molar-refractivity contribution in [2.24, 2.45) is 17.3 Å². The van der Waals surface area contributed by atoms with Crippen molar-refractivity contribution in [1.29, 1.82) is 0 Å². The molecule has 1 heteroatoms. The Labute approximate surface area is 79.2 Å². The van der Waals surface area contributed by atoms with E-state index >= 15 is 0 Å². The molecule has 0 amide bonds. The molecule has 3 aliphatic carbocycles. The third kappa shape index (κ3) is 1.02. The molecular formula is C12H16O. The first kappa shape index (κ1) is 7.78. The molecule has 0 aromatic heterocycles. The number of hydrogen-bond donors (Lipinski definition) is 0. The molecule has 0 bridgehead atoms. The molecule has 2 saturated carbocycles. The molecule has 0 heterocycles. The van der Waals surface area contributed by atoms with Crippen LogP contribution in [0.15, 0.2) is 11.6 Å². The molecule has 0 saturated heterocycles. The fourth-order valence-corrected chi connectivity index (χ4v) is 3.24. The highest BCUT2D eigenvalue weighted by Gasteiger charge is 2.51. The van der Waals surface area contributed by atoms with Crippen molar-refractivity contribution < 1.29 is 4.79 Å². The molecule has 0 radical (unpaired) electrons. The van der Waals surface area contributed by atoms with Gasteiger partial charge in [-0.05, 0) is 49.0 Å². The van der Waals surface area contributed by atoms with E-state index in [1.807, 2.05) is 6.08 Å². The summed E-state index contributed by atoms with van der Waals surface area (Å²) in [6.07, 6.45) is 7.99. The van der Waals surface area contributed by atoms with Crippen LogP contribution in [0, 0.1) is 17.3 Å². The average molecular weight is 176 g/mol. The van der Waals surface area contributed by atoms with Gasteiger partial charge in [0.05, 0.1) is 0 Å². The van der Waals surface area contributed by atoms with Gasteiger partial charge < -0.3 is 0 Å². The van der Waals surface area contributed by atoms with E-state index in [0.717, 1.165) is 24.7 Å². The zero-order valence-electron chi connectivity index (χ0n) is 8.18. The molecule has 0 N–H and O–H groups in total. The Bertz CT molecular complexity index is 302. The smallest absolute Gasteiger partial charge is 0.155 e. The Kier molecular flexibility index (Phi) is 1.35. The van der Waals surface area contributed by atoms with Crippen molar-refractivity contribution in [3.05, 3.63) is 11.6 Å². The number of rotatable bonds is 0. The van der Waals surface area contributed by atoms with Crippen LogP contribution in [0.4, 0.5) is 0 Å². The van der Waals surface area contributed by atoms with Crippen LogP contribution < -0.4 is 0 Å². The molecule has 0 aromatic carbocycles. The maximum atomic E-state index is 11.3. The van der Waals surface area contributed by atoms with Gasteiger partial charge in [0.2, 0.25) is 0 Å². The number of fused-ring (bicyclic) bond motifs is 3. The minimum absolute atomic E-state index is 0.375. The Balaban J connectivity index is 2.01. The molecule has 1 nitrogen and oxygen atoms in total. The van der Waals surface area contributed by atoms with Gasteiger partial charge in [-0.25, -0.2) is 0 Å². The summed E-state index contributed by atoms with van der Waals surface area (Å²) in [6.45, 7) is 2.36. The standard InChI is InChI=1S/C12H16O/c1-12-4-2-8-6-10(8)11(12)7-9(13)3-5-12/h7-8,10H,2-6H2,1H3/t8-,10+,12+/m1/s1. The largest absolute Gasteiger partial charge is 0.295 e. The normalized spacial score (nSPS) is 47.8. The Hall–Kier alpha value is -0.590. The predicted octanol–water partition coefficient (Wildman–Crippen LogP) is 2.71. The lowest BCUT2D eigenvalue weighted by Crippen LogP contribution is -2.29. The Morgan fingerprint density at radius 2 is 2.31 bits per heavy atom. The number of allylic oxidation sites excluding steroid dienone is 2. The first-order valence-electron chi connectivity index (χ1n) is 5.44. The van der Waals surface area contributed by atoms with Crippen molar-refractivity contribution in [3.63, 3.8) is 0 Å². The summed E-state index contributed by atoms with van der Waals surface area (Å²) in [5, 5.41) is 0. The van der Waals surface area contributed by atoms with Crippen molar-refractivity contribution in [1.82, 2.24) is 0 Å². The lowest BCUT2D eigenvalue weighted by molar-refractivity contribution is -0.115. The summed E-state index contributed by atoms with van der Waals surface area (Å²) in [4.78, 5) is 11.3. The highest BCUT2D eigenvalue weighted by Crippen LogP contribution is 2.61. The van der Waals surface area contributed by atoms with Gasteiger partial charge in [-0.2, -0.15) is 0 Å². The van der Waals surface area contributed by atoms with Crippen LogP contribution in [0.3, 0.4) is 0 Å². The van der Waals surface area contributed by atoms with Crippen LogP contribution in [0.1, 0.15) is 39.0 Å². The van der Waals surface area contributed by atoms with Gasteiger partial charge >= 0.3 is 0 Å². The third-order valence-electron chi connectivity index (χ3n) is 4.33. The molecule has 13 heavy (non-hydrogen) atoms. The van der Waals surface area contributed by atoms with E-state index < -0.39 is 0 Å². The van der Waals surface area contributed by atoms with Gasteiger partial charge in [0.1, 0.15) is 0 Å². The highest BCUT2D eigenvalue weighted by molar-refractivity contribution is 5.91. The van der Waals surface area contributed by atoms with Crippen molar-refractivity contribution in [2.45, 2.75) is 39.0 Å². The van der Waals surface area contributed by atoms with Crippen LogP contribution in [-0.4, -0.2) is 5.78 Å². The monoisotopic (exact) mass is 176 g/mol. The number of carbonyl (C=O) groups excluding carboxylic acids is 1. The van der Waals surface area contributed by atoms with Crippen LogP contribution in [-0.2, 0) is 4.79 Å². The van der Waals surface area contributed by atoms with E-state index in [4.69, 9.17) is 0 Å². The van der Waals surface area contributed by atoms with Gasteiger partial charge in [-0.3, -0.25) is 4.79 Å². The van der Waals surface area contributed by atoms with E-state index in [1.165, 1.54) is 24.8 Å². The van der Waals surface area contributed by atoms with Gasteiger partial charge in [-0.1, -0.05) is 12.5 Å². The zero-order valence-corrected chi connectivity index (χ0v) is 8.18. The molecule has 0 unspecified atom stereocenters. The SMILES string of the molecule is C[C@]12CCC(=O)C=C1[C@H]1C[C@H]1CC2. The summed E-state index contributed by atoms with van der Waals surface area (Å²) < 4.78 is 0. The van der Waals surface area contributed by atoms with Gasteiger partial charge in [0, 0.05) is 6.42 Å². The second kappa shape index (κ2) is 2.26. The molecule has 0 aliphatic heterocycles. The average Bonchev–Trinajstić information content (AvgIpc) is 2.86. The summed E-state index contributed by atoms with van der Waals surface area (Å²) in [5.74, 6) is 2.13. The Morgan fingerprint density at radius 3 is 3.15 bits per heavy atom. The number of ketones is 1. The second-order valence-electron chi connectivity index (χ2n) is 5.27. The maximum absolute atomic E-state index is 11.3. The zero-order chi connectivity index (χ0) is 9.05. The van der Waals surface area contributed by atoms with E-state index in [1.54, 1.807) is 0 Å². The van der Waals surface area contributed by atoms with Crippen LogP contribution >= 0.6 is 0 Å². The molecule has 3 rings (SSSR count). The molecule has 3 atom stereocenters. The topological polar surface area (TPSA) is 17.1 Å². The maximum Gasteiger partial charge on any atom is 0.155 e. The number of hydrogen-bond acceptors (Lipinski definition) is 1. The van der Waals surface area contributed by atoms with Crippen molar-refractivity contribution in [3.8, 4) is 0 Å². The minimum Gasteiger partial charge on any atom is -0.295 e. The summed E-state index contributed by atoms with van der Waals surface area (Å²) in [6, 6.07) is 0. The second-order valence-corrected chi connectivity index (χ2v) is 5.27. The number of carbonyl (C=O) groups is 1. The van der Waals surface area contributed by atoms with Gasteiger partial charge in [0.15, 0.2) is 5.78 Å². The molecule has 0 aromatic rings. The third-order valence-corrected chi connectivity index (χ3v) is 4.33. The molecule has 3 aliphatic rings. The molecule has 70 valence electrons. The van der Waals surface area contributed by atoms with E-state index in [-0.39, 0.29) is 0 Å². The summed E-state index contributed by atoms with van der Waals surface area (Å²) in [7, 11) is 0.